The average Bonchev–Trinajstić information content (AvgIpc) is 3.56. The largest absolute Gasteiger partial charge is 0.490 e. The Balaban J connectivity index is 1.34. The molecule has 5 heteroatoms. The second kappa shape index (κ2) is 5.90. The maximum Gasteiger partial charge on any atom is 0.254 e. The summed E-state index contributed by atoms with van der Waals surface area (Å²) < 4.78 is 5.79. The van der Waals surface area contributed by atoms with E-state index in [-0.39, 0.29) is 11.9 Å². The van der Waals surface area contributed by atoms with Crippen LogP contribution in [-0.4, -0.2) is 39.2 Å². The number of amides is 1. The third-order valence-corrected chi connectivity index (χ3v) is 5.49. The lowest BCUT2D eigenvalue weighted by atomic mass is 9.92. The van der Waals surface area contributed by atoms with Crippen molar-refractivity contribution in [2.24, 2.45) is 0 Å². The number of carbonyl (C=O) groups excluding carboxylic acids is 1. The van der Waals surface area contributed by atoms with Crippen molar-refractivity contribution < 1.29 is 9.53 Å². The maximum atomic E-state index is 13.2. The topological polar surface area (TPSA) is 58.2 Å². The number of benzene rings is 1. The minimum atomic E-state index is 0.164. The summed E-state index contributed by atoms with van der Waals surface area (Å²) in [4.78, 5) is 15.3. The quantitative estimate of drug-likeness (QED) is 0.912. The minimum Gasteiger partial charge on any atom is -0.490 e. The molecule has 2 fully saturated rings. The van der Waals surface area contributed by atoms with Crippen LogP contribution in [0.1, 0.15) is 53.7 Å². The first-order chi connectivity index (χ1) is 12.3. The standard InChI is InChI=1S/C20H23N3O2/c24-20(13-1-6-17(7-2-13)25-18-8-9-18)23(15-3-4-15)16-5-10-19-14(11-16)12-21-22-19/h1-2,6-7,12,15-16,18H,3-5,8-11H2,(H,21,22). The van der Waals surface area contributed by atoms with Gasteiger partial charge in [0.25, 0.3) is 5.91 Å². The van der Waals surface area contributed by atoms with Crippen LogP contribution in [0.25, 0.3) is 0 Å². The molecule has 5 rings (SSSR count). The Morgan fingerprint density at radius 1 is 1.08 bits per heavy atom. The number of aromatic nitrogens is 2. The van der Waals surface area contributed by atoms with Crippen molar-refractivity contribution in [3.8, 4) is 5.75 Å². The van der Waals surface area contributed by atoms with Gasteiger partial charge in [-0.25, -0.2) is 0 Å². The van der Waals surface area contributed by atoms with Crippen molar-refractivity contribution in [1.29, 1.82) is 0 Å². The van der Waals surface area contributed by atoms with Crippen LogP contribution < -0.4 is 4.74 Å². The first-order valence-corrected chi connectivity index (χ1v) is 9.38. The molecule has 1 aromatic heterocycles. The molecule has 1 amide bonds. The fourth-order valence-corrected chi connectivity index (χ4v) is 3.82. The van der Waals surface area contributed by atoms with E-state index in [0.29, 0.717) is 12.1 Å². The average molecular weight is 337 g/mol. The molecule has 0 saturated heterocycles. The third-order valence-electron chi connectivity index (χ3n) is 5.49. The maximum absolute atomic E-state index is 13.2. The predicted octanol–water partition coefficient (Wildman–Crippen LogP) is 3.11. The van der Waals surface area contributed by atoms with Crippen LogP contribution in [0.15, 0.2) is 30.5 Å². The molecule has 1 atom stereocenters. The van der Waals surface area contributed by atoms with Gasteiger partial charge in [0.1, 0.15) is 5.75 Å². The number of aromatic amines is 1. The van der Waals surface area contributed by atoms with Gasteiger partial charge < -0.3 is 9.64 Å². The zero-order valence-electron chi connectivity index (χ0n) is 14.3. The van der Waals surface area contributed by atoms with Crippen molar-refractivity contribution >= 4 is 5.91 Å². The first kappa shape index (κ1) is 15.0. The number of ether oxygens (including phenoxy) is 1. The van der Waals surface area contributed by atoms with Crippen LogP contribution in [0, 0.1) is 0 Å². The number of fused-ring (bicyclic) bond motifs is 1. The number of hydrogen-bond donors (Lipinski definition) is 1. The van der Waals surface area contributed by atoms with Crippen LogP contribution in [0.4, 0.5) is 0 Å². The molecule has 5 nitrogen and oxygen atoms in total. The van der Waals surface area contributed by atoms with E-state index in [0.717, 1.165) is 56.3 Å². The Bertz CT molecular complexity index is 774. The van der Waals surface area contributed by atoms with Crippen molar-refractivity contribution in [1.82, 2.24) is 15.1 Å². The number of nitrogens with zero attached hydrogens (tertiary/aromatic N) is 2. The summed E-state index contributed by atoms with van der Waals surface area (Å²) in [6.45, 7) is 0. The molecule has 130 valence electrons. The number of H-pyrrole nitrogens is 1. The summed E-state index contributed by atoms with van der Waals surface area (Å²) >= 11 is 0. The molecule has 0 aliphatic heterocycles. The van der Waals surface area contributed by atoms with Gasteiger partial charge >= 0.3 is 0 Å². The summed E-state index contributed by atoms with van der Waals surface area (Å²) in [6, 6.07) is 8.40. The number of rotatable bonds is 5. The predicted molar refractivity (Wildman–Crippen MR) is 93.7 cm³/mol. The zero-order valence-corrected chi connectivity index (χ0v) is 14.3. The summed E-state index contributed by atoms with van der Waals surface area (Å²) in [6.07, 6.45) is 9.76. The molecule has 0 spiro atoms. The van der Waals surface area contributed by atoms with Gasteiger partial charge in [0.2, 0.25) is 0 Å². The van der Waals surface area contributed by atoms with Crippen LogP contribution in [0.2, 0.25) is 0 Å². The van der Waals surface area contributed by atoms with E-state index in [1.54, 1.807) is 0 Å². The number of carbonyl (C=O) groups is 1. The summed E-state index contributed by atoms with van der Waals surface area (Å²) in [5.41, 5.74) is 3.27. The second-order valence-electron chi connectivity index (χ2n) is 7.56. The monoisotopic (exact) mass is 337 g/mol. The van der Waals surface area contributed by atoms with Crippen LogP contribution in [0.5, 0.6) is 5.75 Å². The highest BCUT2D eigenvalue weighted by molar-refractivity contribution is 5.95. The molecule has 3 aliphatic rings. The molecular weight excluding hydrogens is 314 g/mol. The molecule has 1 heterocycles. The lowest BCUT2D eigenvalue weighted by molar-refractivity contribution is 0.0643. The third kappa shape index (κ3) is 3.03. The van der Waals surface area contributed by atoms with E-state index in [2.05, 4.69) is 15.1 Å². The van der Waals surface area contributed by atoms with E-state index in [1.165, 1.54) is 11.3 Å². The summed E-state index contributed by atoms with van der Waals surface area (Å²) in [5.74, 6) is 1.04. The Morgan fingerprint density at radius 2 is 1.88 bits per heavy atom. The molecule has 1 unspecified atom stereocenters. The van der Waals surface area contributed by atoms with Crippen LogP contribution >= 0.6 is 0 Å². The van der Waals surface area contributed by atoms with Gasteiger partial charge in [0, 0.05) is 23.3 Å². The van der Waals surface area contributed by atoms with Crippen molar-refractivity contribution in [2.45, 2.75) is 63.1 Å². The molecule has 1 aromatic carbocycles. The van der Waals surface area contributed by atoms with Crippen molar-refractivity contribution in [3.63, 3.8) is 0 Å². The number of aryl methyl sites for hydroxylation is 1. The Hall–Kier alpha value is -2.30. The SMILES string of the molecule is O=C(c1ccc(OC2CC2)cc1)N(C1CC1)C1CCc2[nH]ncc2C1. The normalized spacial score (nSPS) is 22.3. The van der Waals surface area contributed by atoms with Gasteiger partial charge in [-0.1, -0.05) is 0 Å². The van der Waals surface area contributed by atoms with E-state index < -0.39 is 0 Å². The number of nitrogens with one attached hydrogen (secondary N) is 1. The van der Waals surface area contributed by atoms with Crippen LogP contribution in [0.3, 0.4) is 0 Å². The second-order valence-corrected chi connectivity index (χ2v) is 7.56. The van der Waals surface area contributed by atoms with Crippen molar-refractivity contribution in [2.75, 3.05) is 0 Å². The molecule has 3 aliphatic carbocycles. The van der Waals surface area contributed by atoms with E-state index >= 15 is 0 Å². The van der Waals surface area contributed by atoms with E-state index in [9.17, 15) is 4.79 Å². The van der Waals surface area contributed by atoms with Gasteiger partial charge in [-0.15, -0.1) is 0 Å². The Labute approximate surface area is 147 Å². The zero-order chi connectivity index (χ0) is 16.8. The highest BCUT2D eigenvalue weighted by atomic mass is 16.5. The molecular formula is C20H23N3O2. The molecule has 2 aromatic rings. The Kier molecular flexibility index (Phi) is 3.54. The smallest absolute Gasteiger partial charge is 0.254 e. The highest BCUT2D eigenvalue weighted by Gasteiger charge is 2.39. The molecule has 0 radical (unpaired) electrons. The van der Waals surface area contributed by atoms with Gasteiger partial charge in [-0.05, 0) is 74.8 Å². The van der Waals surface area contributed by atoms with Gasteiger partial charge in [0.05, 0.1) is 12.3 Å². The van der Waals surface area contributed by atoms with Gasteiger partial charge in [-0.2, -0.15) is 5.10 Å². The molecule has 25 heavy (non-hydrogen) atoms. The molecule has 1 N–H and O–H groups in total. The fourth-order valence-electron chi connectivity index (χ4n) is 3.82. The Morgan fingerprint density at radius 3 is 2.60 bits per heavy atom. The number of hydrogen-bond acceptors (Lipinski definition) is 3. The van der Waals surface area contributed by atoms with E-state index in [4.69, 9.17) is 4.74 Å². The molecule has 0 bridgehead atoms. The van der Waals surface area contributed by atoms with Crippen molar-refractivity contribution in [3.05, 3.63) is 47.3 Å². The van der Waals surface area contributed by atoms with Gasteiger partial charge in [0.15, 0.2) is 0 Å². The fraction of sp³-hybridized carbons (Fsp3) is 0.500. The van der Waals surface area contributed by atoms with Crippen LogP contribution in [-0.2, 0) is 12.8 Å². The molecule has 2 saturated carbocycles. The first-order valence-electron chi connectivity index (χ1n) is 9.38. The minimum absolute atomic E-state index is 0.164. The lowest BCUT2D eigenvalue weighted by Crippen LogP contribution is -2.44. The van der Waals surface area contributed by atoms with Gasteiger partial charge in [-0.3, -0.25) is 9.89 Å². The highest BCUT2D eigenvalue weighted by Crippen LogP contribution is 2.35. The summed E-state index contributed by atoms with van der Waals surface area (Å²) in [5, 5.41) is 7.24. The lowest BCUT2D eigenvalue weighted by Gasteiger charge is -2.34. The summed E-state index contributed by atoms with van der Waals surface area (Å²) in [7, 11) is 0. The van der Waals surface area contributed by atoms with E-state index in [1.807, 2.05) is 30.5 Å².